The lowest BCUT2D eigenvalue weighted by Gasteiger charge is -2.20. The summed E-state index contributed by atoms with van der Waals surface area (Å²) in [7, 11) is -4.71. The van der Waals surface area contributed by atoms with E-state index in [9.17, 15) is 23.8 Å². The fourth-order valence-corrected chi connectivity index (χ4v) is 6.47. The number of hydrogen-bond donors (Lipinski definition) is 3. The number of phosphoric acid groups is 1. The minimum absolute atomic E-state index is 0.164. The summed E-state index contributed by atoms with van der Waals surface area (Å²) in [6, 6.07) is -1.52. The molecule has 12 heteroatoms. The Hall–Kier alpha value is -1.78. The summed E-state index contributed by atoms with van der Waals surface area (Å²) < 4.78 is 32.6. The third-order valence-electron chi connectivity index (χ3n) is 8.91. The van der Waals surface area contributed by atoms with Gasteiger partial charge in [0, 0.05) is 12.8 Å². The molecule has 0 amide bonds. The predicted octanol–water partition coefficient (Wildman–Crippen LogP) is 10.1. The molecule has 0 radical (unpaired) electrons. The molecule has 0 saturated carbocycles. The van der Waals surface area contributed by atoms with Crippen LogP contribution in [0.4, 0.5) is 0 Å². The molecule has 0 heterocycles. The van der Waals surface area contributed by atoms with E-state index in [4.69, 9.17) is 24.8 Å². The van der Waals surface area contributed by atoms with Crippen LogP contribution in [0.15, 0.2) is 12.7 Å². The molecular formula is C39H74NO10P. The quantitative estimate of drug-likeness (QED) is 0.0236. The largest absolute Gasteiger partial charge is 0.480 e. The molecule has 51 heavy (non-hydrogen) atoms. The van der Waals surface area contributed by atoms with Crippen molar-refractivity contribution in [1.29, 1.82) is 0 Å². The van der Waals surface area contributed by atoms with Gasteiger partial charge >= 0.3 is 25.7 Å². The van der Waals surface area contributed by atoms with E-state index in [-0.39, 0.29) is 19.4 Å². The average molecular weight is 748 g/mol. The van der Waals surface area contributed by atoms with Crippen LogP contribution in [0.3, 0.4) is 0 Å². The number of esters is 2. The molecule has 0 bridgehead atoms. The highest BCUT2D eigenvalue weighted by Gasteiger charge is 2.28. The Morgan fingerprint density at radius 1 is 0.627 bits per heavy atom. The molecule has 4 N–H and O–H groups in total. The van der Waals surface area contributed by atoms with Gasteiger partial charge in [0.25, 0.3) is 0 Å². The monoisotopic (exact) mass is 748 g/mol. The molecule has 0 rings (SSSR count). The lowest BCUT2D eigenvalue weighted by atomic mass is 10.0. The Balaban J connectivity index is 4.36. The van der Waals surface area contributed by atoms with E-state index in [1.807, 2.05) is 6.08 Å². The zero-order valence-corrected chi connectivity index (χ0v) is 32.9. The van der Waals surface area contributed by atoms with Crippen molar-refractivity contribution in [3.8, 4) is 0 Å². The molecule has 0 fully saturated rings. The second-order valence-corrected chi connectivity index (χ2v) is 15.3. The summed E-state index contributed by atoms with van der Waals surface area (Å²) in [5, 5.41) is 8.86. The molecule has 0 aromatic carbocycles. The molecule has 0 aromatic rings. The van der Waals surface area contributed by atoms with Crippen molar-refractivity contribution < 1.29 is 47.5 Å². The number of rotatable bonds is 39. The van der Waals surface area contributed by atoms with Crippen LogP contribution in [-0.4, -0.2) is 59.9 Å². The van der Waals surface area contributed by atoms with Crippen molar-refractivity contribution in [3.05, 3.63) is 12.7 Å². The molecule has 300 valence electrons. The third-order valence-corrected chi connectivity index (χ3v) is 9.86. The SMILES string of the molecule is C=CCCCCCCCCCCCCCCCC(=O)O[C@H](COC(=O)CCCCCCCCCCCCCC)COP(=O)(O)OC[C@H](N)C(=O)O. The maximum Gasteiger partial charge on any atom is 0.472 e. The highest BCUT2D eigenvalue weighted by atomic mass is 31.2. The van der Waals surface area contributed by atoms with Crippen LogP contribution in [-0.2, 0) is 37.5 Å². The van der Waals surface area contributed by atoms with Crippen LogP contribution in [0.5, 0.6) is 0 Å². The van der Waals surface area contributed by atoms with Gasteiger partial charge in [-0.1, -0.05) is 154 Å². The van der Waals surface area contributed by atoms with Crippen LogP contribution in [0.25, 0.3) is 0 Å². The van der Waals surface area contributed by atoms with Crippen molar-refractivity contribution in [2.45, 2.75) is 199 Å². The first-order valence-corrected chi connectivity index (χ1v) is 21.7. The summed E-state index contributed by atoms with van der Waals surface area (Å²) in [6.45, 7) is 4.32. The lowest BCUT2D eigenvalue weighted by Crippen LogP contribution is -2.34. The Kier molecular flexibility index (Phi) is 34.0. The molecule has 0 aliphatic rings. The Morgan fingerprint density at radius 2 is 1.02 bits per heavy atom. The molecule has 3 atom stereocenters. The molecule has 0 aliphatic carbocycles. The summed E-state index contributed by atoms with van der Waals surface area (Å²) >= 11 is 0. The van der Waals surface area contributed by atoms with Crippen molar-refractivity contribution in [2.75, 3.05) is 19.8 Å². The Morgan fingerprint density at radius 3 is 1.45 bits per heavy atom. The van der Waals surface area contributed by atoms with E-state index >= 15 is 0 Å². The Labute approximate surface area is 309 Å². The van der Waals surface area contributed by atoms with Gasteiger partial charge in [-0.15, -0.1) is 6.58 Å². The highest BCUT2D eigenvalue weighted by molar-refractivity contribution is 7.47. The van der Waals surface area contributed by atoms with Crippen LogP contribution in [0.2, 0.25) is 0 Å². The van der Waals surface area contributed by atoms with Gasteiger partial charge in [-0.25, -0.2) is 4.57 Å². The molecule has 1 unspecified atom stereocenters. The van der Waals surface area contributed by atoms with Crippen molar-refractivity contribution >= 4 is 25.7 Å². The molecule has 0 aliphatic heterocycles. The van der Waals surface area contributed by atoms with Crippen molar-refractivity contribution in [2.24, 2.45) is 5.73 Å². The number of nitrogens with two attached hydrogens (primary N) is 1. The number of carbonyl (C=O) groups excluding carboxylic acids is 2. The second-order valence-electron chi connectivity index (χ2n) is 13.9. The van der Waals surface area contributed by atoms with Gasteiger partial charge in [0.15, 0.2) is 6.10 Å². The van der Waals surface area contributed by atoms with Crippen LogP contribution in [0, 0.1) is 0 Å². The number of aliphatic carboxylic acids is 1. The van der Waals surface area contributed by atoms with E-state index in [1.54, 1.807) is 0 Å². The number of allylic oxidation sites excluding steroid dienone is 1. The zero-order chi connectivity index (χ0) is 37.8. The highest BCUT2D eigenvalue weighted by Crippen LogP contribution is 2.43. The lowest BCUT2D eigenvalue weighted by molar-refractivity contribution is -0.161. The van der Waals surface area contributed by atoms with Gasteiger partial charge in [0.2, 0.25) is 0 Å². The van der Waals surface area contributed by atoms with Crippen LogP contribution < -0.4 is 5.73 Å². The third kappa shape index (κ3) is 35.0. The van der Waals surface area contributed by atoms with Gasteiger partial charge in [-0.05, 0) is 25.7 Å². The maximum atomic E-state index is 12.6. The van der Waals surface area contributed by atoms with E-state index in [0.717, 1.165) is 44.9 Å². The molecule has 11 nitrogen and oxygen atoms in total. The van der Waals surface area contributed by atoms with E-state index in [2.05, 4.69) is 18.0 Å². The van der Waals surface area contributed by atoms with Crippen molar-refractivity contribution in [1.82, 2.24) is 0 Å². The first-order chi connectivity index (χ1) is 24.6. The number of ether oxygens (including phenoxy) is 2. The maximum absolute atomic E-state index is 12.6. The molecular weight excluding hydrogens is 673 g/mol. The van der Waals surface area contributed by atoms with Gasteiger partial charge < -0.3 is 25.2 Å². The normalized spacial score (nSPS) is 13.7. The summed E-state index contributed by atoms with van der Waals surface area (Å²) in [5.74, 6) is -2.37. The fraction of sp³-hybridized carbons (Fsp3) is 0.872. The predicted molar refractivity (Wildman–Crippen MR) is 203 cm³/mol. The Bertz CT molecular complexity index is 918. The fourth-order valence-electron chi connectivity index (χ4n) is 5.69. The van der Waals surface area contributed by atoms with Gasteiger partial charge in [-0.3, -0.25) is 23.4 Å². The summed E-state index contributed by atoms with van der Waals surface area (Å²) in [4.78, 5) is 45.8. The standard InChI is InChI=1S/C39H74NO10P/c1-3-5-7-9-11-13-15-17-18-19-21-23-25-27-29-31-38(42)50-35(33-48-51(45,46)49-34-36(40)39(43)44)32-47-37(41)30-28-26-24-22-20-16-14-12-10-8-6-4-2/h3,35-36H,1,4-34,40H2,2H3,(H,43,44)(H,45,46)/t35-,36+/m1/s1. The van der Waals surface area contributed by atoms with Crippen LogP contribution in [0.1, 0.15) is 187 Å². The van der Waals surface area contributed by atoms with Crippen molar-refractivity contribution in [3.63, 3.8) is 0 Å². The van der Waals surface area contributed by atoms with E-state index < -0.39 is 51.1 Å². The van der Waals surface area contributed by atoms with E-state index in [0.29, 0.717) is 12.8 Å². The average Bonchev–Trinajstić information content (AvgIpc) is 3.10. The summed E-state index contributed by atoms with van der Waals surface area (Å²) in [6.07, 6.45) is 31.7. The smallest absolute Gasteiger partial charge is 0.472 e. The minimum atomic E-state index is -4.71. The molecule has 0 aromatic heterocycles. The first-order valence-electron chi connectivity index (χ1n) is 20.2. The number of unbranched alkanes of at least 4 members (excludes halogenated alkanes) is 24. The summed E-state index contributed by atoms with van der Waals surface area (Å²) in [5.41, 5.74) is 5.32. The number of hydrogen-bond acceptors (Lipinski definition) is 9. The zero-order valence-electron chi connectivity index (χ0n) is 32.0. The number of carboxylic acids is 1. The van der Waals surface area contributed by atoms with Crippen LogP contribution >= 0.6 is 7.82 Å². The topological polar surface area (TPSA) is 172 Å². The van der Waals surface area contributed by atoms with E-state index in [1.165, 1.54) is 109 Å². The minimum Gasteiger partial charge on any atom is -0.480 e. The van der Waals surface area contributed by atoms with Gasteiger partial charge in [-0.2, -0.15) is 0 Å². The number of carbonyl (C=O) groups is 3. The molecule has 0 spiro atoms. The van der Waals surface area contributed by atoms with Gasteiger partial charge in [0.1, 0.15) is 12.6 Å². The second kappa shape index (κ2) is 35.3. The molecule has 0 saturated heterocycles. The van der Waals surface area contributed by atoms with Gasteiger partial charge in [0.05, 0.1) is 13.2 Å². The first kappa shape index (κ1) is 49.2. The number of carboxylic acid groups (broad SMARTS) is 1. The number of phosphoric ester groups is 1.